The third-order valence-corrected chi connectivity index (χ3v) is 2.30. The van der Waals surface area contributed by atoms with E-state index in [1.165, 1.54) is 0 Å². The number of H-pyrrole nitrogens is 1. The Morgan fingerprint density at radius 2 is 2.31 bits per heavy atom. The van der Waals surface area contributed by atoms with Gasteiger partial charge in [0.1, 0.15) is 5.82 Å². The van der Waals surface area contributed by atoms with Crippen LogP contribution in [-0.2, 0) is 6.42 Å². The van der Waals surface area contributed by atoms with E-state index < -0.39 is 0 Å². The zero-order valence-electron chi connectivity index (χ0n) is 9.66. The fourth-order valence-electron chi connectivity index (χ4n) is 1.19. The summed E-state index contributed by atoms with van der Waals surface area (Å²) in [6.45, 7) is 4.26. The summed E-state index contributed by atoms with van der Waals surface area (Å²) in [5.41, 5.74) is 0. The van der Waals surface area contributed by atoms with Crippen LogP contribution in [0.1, 0.15) is 43.1 Å². The van der Waals surface area contributed by atoms with Gasteiger partial charge in [-0.15, -0.1) is 5.10 Å². The third kappa shape index (κ3) is 3.62. The van der Waals surface area contributed by atoms with Crippen molar-refractivity contribution in [2.75, 3.05) is 6.54 Å². The standard InChI is InChI=1S/C10H18N4O2/c1-3-7(15)5-6-11-10(16)9-12-8(4-2)13-14-9/h7,15H,3-6H2,1-2H3,(H,11,16)(H,12,13,14). The Labute approximate surface area is 94.5 Å². The number of carbonyl (C=O) groups excluding carboxylic acids is 1. The van der Waals surface area contributed by atoms with Gasteiger partial charge in [-0.05, 0) is 12.8 Å². The number of aliphatic hydroxyl groups is 1. The maximum atomic E-state index is 11.5. The fourth-order valence-corrected chi connectivity index (χ4v) is 1.19. The van der Waals surface area contributed by atoms with Gasteiger partial charge in [0.2, 0.25) is 5.82 Å². The summed E-state index contributed by atoms with van der Waals surface area (Å²) >= 11 is 0. The van der Waals surface area contributed by atoms with Crippen molar-refractivity contribution >= 4 is 5.91 Å². The molecule has 1 heterocycles. The molecule has 16 heavy (non-hydrogen) atoms. The largest absolute Gasteiger partial charge is 0.393 e. The highest BCUT2D eigenvalue weighted by molar-refractivity contribution is 5.90. The average molecular weight is 226 g/mol. The molecule has 0 saturated heterocycles. The van der Waals surface area contributed by atoms with Crippen LogP contribution in [0.2, 0.25) is 0 Å². The van der Waals surface area contributed by atoms with Crippen LogP contribution in [-0.4, -0.2) is 38.8 Å². The van der Waals surface area contributed by atoms with Crippen molar-refractivity contribution in [2.24, 2.45) is 0 Å². The van der Waals surface area contributed by atoms with E-state index in [4.69, 9.17) is 0 Å². The number of nitrogens with zero attached hydrogens (tertiary/aromatic N) is 2. The summed E-state index contributed by atoms with van der Waals surface area (Å²) < 4.78 is 0. The van der Waals surface area contributed by atoms with E-state index in [0.717, 1.165) is 6.42 Å². The molecule has 6 heteroatoms. The third-order valence-electron chi connectivity index (χ3n) is 2.30. The maximum Gasteiger partial charge on any atom is 0.290 e. The molecule has 0 saturated carbocycles. The monoisotopic (exact) mass is 226 g/mol. The van der Waals surface area contributed by atoms with Gasteiger partial charge in [-0.25, -0.2) is 4.98 Å². The molecule has 0 aliphatic carbocycles. The molecular weight excluding hydrogens is 208 g/mol. The molecule has 3 N–H and O–H groups in total. The number of aromatic amines is 1. The molecule has 1 amide bonds. The normalized spacial score (nSPS) is 12.4. The first-order chi connectivity index (χ1) is 7.67. The second-order valence-electron chi connectivity index (χ2n) is 3.57. The van der Waals surface area contributed by atoms with Gasteiger partial charge in [0.05, 0.1) is 6.10 Å². The number of amides is 1. The van der Waals surface area contributed by atoms with Gasteiger partial charge in [0.25, 0.3) is 5.91 Å². The van der Waals surface area contributed by atoms with E-state index in [1.807, 2.05) is 13.8 Å². The first-order valence-corrected chi connectivity index (χ1v) is 5.54. The van der Waals surface area contributed by atoms with Gasteiger partial charge in [-0.1, -0.05) is 13.8 Å². The molecule has 0 aromatic carbocycles. The molecule has 1 rings (SSSR count). The van der Waals surface area contributed by atoms with E-state index in [-0.39, 0.29) is 17.8 Å². The first-order valence-electron chi connectivity index (χ1n) is 5.54. The van der Waals surface area contributed by atoms with Crippen LogP contribution in [0, 0.1) is 0 Å². The first kappa shape index (κ1) is 12.6. The van der Waals surface area contributed by atoms with Gasteiger partial charge < -0.3 is 10.4 Å². The lowest BCUT2D eigenvalue weighted by Gasteiger charge is -2.07. The lowest BCUT2D eigenvalue weighted by molar-refractivity contribution is 0.0932. The number of hydrogen-bond acceptors (Lipinski definition) is 4. The number of aromatic nitrogens is 3. The topological polar surface area (TPSA) is 90.9 Å². The molecule has 90 valence electrons. The Morgan fingerprint density at radius 3 is 2.88 bits per heavy atom. The van der Waals surface area contributed by atoms with Crippen molar-refractivity contribution in [1.29, 1.82) is 0 Å². The number of aryl methyl sites for hydroxylation is 1. The lowest BCUT2D eigenvalue weighted by Crippen LogP contribution is -2.27. The van der Waals surface area contributed by atoms with Crippen molar-refractivity contribution in [3.05, 3.63) is 11.6 Å². The van der Waals surface area contributed by atoms with Gasteiger partial charge >= 0.3 is 0 Å². The van der Waals surface area contributed by atoms with Crippen molar-refractivity contribution in [3.63, 3.8) is 0 Å². The van der Waals surface area contributed by atoms with E-state index in [2.05, 4.69) is 20.5 Å². The average Bonchev–Trinajstić information content (AvgIpc) is 2.77. The Kier molecular flexibility index (Phi) is 4.91. The minimum atomic E-state index is -0.362. The van der Waals surface area contributed by atoms with Crippen molar-refractivity contribution in [2.45, 2.75) is 39.2 Å². The molecule has 1 atom stereocenters. The summed E-state index contributed by atoms with van der Waals surface area (Å²) in [6, 6.07) is 0. The number of carbonyl (C=O) groups is 1. The number of aliphatic hydroxyl groups excluding tert-OH is 1. The second kappa shape index (κ2) is 6.22. The Bertz CT molecular complexity index is 337. The van der Waals surface area contributed by atoms with Crippen molar-refractivity contribution < 1.29 is 9.90 Å². The lowest BCUT2D eigenvalue weighted by atomic mass is 10.2. The number of hydrogen-bond donors (Lipinski definition) is 3. The molecule has 0 spiro atoms. The highest BCUT2D eigenvalue weighted by atomic mass is 16.3. The fraction of sp³-hybridized carbons (Fsp3) is 0.700. The van der Waals surface area contributed by atoms with Crippen LogP contribution < -0.4 is 5.32 Å². The van der Waals surface area contributed by atoms with Crippen LogP contribution in [0.25, 0.3) is 0 Å². The maximum absolute atomic E-state index is 11.5. The Balaban J connectivity index is 2.35. The predicted octanol–water partition coefficient (Wildman–Crippen LogP) is 0.258. The van der Waals surface area contributed by atoms with E-state index in [9.17, 15) is 9.90 Å². The number of nitrogens with one attached hydrogen (secondary N) is 2. The van der Waals surface area contributed by atoms with Gasteiger partial charge in [-0.3, -0.25) is 9.89 Å². The molecular formula is C10H18N4O2. The summed E-state index contributed by atoms with van der Waals surface area (Å²) in [5.74, 6) is 0.542. The van der Waals surface area contributed by atoms with Crippen molar-refractivity contribution in [3.8, 4) is 0 Å². The quantitative estimate of drug-likeness (QED) is 0.648. The van der Waals surface area contributed by atoms with Gasteiger partial charge in [0, 0.05) is 13.0 Å². The molecule has 0 bridgehead atoms. The Morgan fingerprint density at radius 1 is 1.56 bits per heavy atom. The van der Waals surface area contributed by atoms with Gasteiger partial charge in [-0.2, -0.15) is 0 Å². The van der Waals surface area contributed by atoms with E-state index in [1.54, 1.807) is 0 Å². The highest BCUT2D eigenvalue weighted by Crippen LogP contribution is 1.96. The van der Waals surface area contributed by atoms with E-state index in [0.29, 0.717) is 25.2 Å². The molecule has 0 aliphatic heterocycles. The summed E-state index contributed by atoms with van der Waals surface area (Å²) in [7, 11) is 0. The minimum Gasteiger partial charge on any atom is -0.393 e. The Hall–Kier alpha value is -1.43. The predicted molar refractivity (Wildman–Crippen MR) is 59.0 cm³/mol. The zero-order valence-corrected chi connectivity index (χ0v) is 9.66. The van der Waals surface area contributed by atoms with Crippen LogP contribution in [0.5, 0.6) is 0 Å². The molecule has 1 aromatic rings. The second-order valence-corrected chi connectivity index (χ2v) is 3.57. The van der Waals surface area contributed by atoms with E-state index >= 15 is 0 Å². The summed E-state index contributed by atoms with van der Waals surface area (Å²) in [4.78, 5) is 15.5. The van der Waals surface area contributed by atoms with Crippen LogP contribution >= 0.6 is 0 Å². The van der Waals surface area contributed by atoms with Crippen molar-refractivity contribution in [1.82, 2.24) is 20.5 Å². The molecule has 0 radical (unpaired) electrons. The number of rotatable bonds is 6. The zero-order chi connectivity index (χ0) is 12.0. The van der Waals surface area contributed by atoms with Crippen LogP contribution in [0.3, 0.4) is 0 Å². The molecule has 1 aromatic heterocycles. The van der Waals surface area contributed by atoms with Crippen LogP contribution in [0.4, 0.5) is 0 Å². The molecule has 0 aliphatic rings. The minimum absolute atomic E-state index is 0.155. The molecule has 1 unspecified atom stereocenters. The SMILES string of the molecule is CCc1nc(C(=O)NCCC(O)CC)n[nH]1. The van der Waals surface area contributed by atoms with Gasteiger partial charge in [0.15, 0.2) is 0 Å². The molecule has 0 fully saturated rings. The summed E-state index contributed by atoms with van der Waals surface area (Å²) in [6.07, 6.45) is 1.59. The van der Waals surface area contributed by atoms with Crippen LogP contribution in [0.15, 0.2) is 0 Å². The highest BCUT2D eigenvalue weighted by Gasteiger charge is 2.11. The smallest absolute Gasteiger partial charge is 0.290 e. The summed E-state index contributed by atoms with van der Waals surface area (Å²) in [5, 5.41) is 18.4. The molecule has 6 nitrogen and oxygen atoms in total.